The second-order valence-electron chi connectivity index (χ2n) is 5.01. The number of nitrogens with one attached hydrogen (secondary N) is 1. The van der Waals surface area contributed by atoms with Crippen LogP contribution in [0.5, 0.6) is 0 Å². The van der Waals surface area contributed by atoms with E-state index in [9.17, 15) is 9.59 Å². The SMILES string of the molecule is C[C@@H](CN1CCCC1)C(=O)NCc1noc(C(N)=O)n1. The van der Waals surface area contributed by atoms with Crippen LogP contribution in [0.3, 0.4) is 0 Å². The van der Waals surface area contributed by atoms with Crippen molar-refractivity contribution < 1.29 is 14.1 Å². The predicted molar refractivity (Wildman–Crippen MR) is 69.5 cm³/mol. The van der Waals surface area contributed by atoms with Gasteiger partial charge in [-0.3, -0.25) is 9.59 Å². The Bertz CT molecular complexity index is 481. The maximum absolute atomic E-state index is 11.9. The fraction of sp³-hybridized carbons (Fsp3) is 0.667. The number of primary amides is 1. The summed E-state index contributed by atoms with van der Waals surface area (Å²) in [6.07, 6.45) is 2.40. The number of aromatic nitrogens is 2. The van der Waals surface area contributed by atoms with Gasteiger partial charge in [0.2, 0.25) is 5.91 Å². The molecule has 0 bridgehead atoms. The van der Waals surface area contributed by atoms with Gasteiger partial charge < -0.3 is 20.5 Å². The van der Waals surface area contributed by atoms with Crippen molar-refractivity contribution >= 4 is 11.8 Å². The Morgan fingerprint density at radius 3 is 2.75 bits per heavy atom. The predicted octanol–water partition coefficient (Wildman–Crippen LogP) is -0.483. The number of likely N-dealkylation sites (tertiary alicyclic amines) is 1. The Labute approximate surface area is 116 Å². The first-order chi connectivity index (χ1) is 9.56. The van der Waals surface area contributed by atoms with Crippen molar-refractivity contribution in [2.45, 2.75) is 26.3 Å². The first-order valence-corrected chi connectivity index (χ1v) is 6.68. The van der Waals surface area contributed by atoms with Gasteiger partial charge in [-0.1, -0.05) is 12.1 Å². The summed E-state index contributed by atoms with van der Waals surface area (Å²) in [7, 11) is 0. The molecule has 1 aromatic heterocycles. The van der Waals surface area contributed by atoms with E-state index in [0.717, 1.165) is 19.6 Å². The average molecular weight is 281 g/mol. The summed E-state index contributed by atoms with van der Waals surface area (Å²) in [6.45, 7) is 4.89. The number of hydrogen-bond donors (Lipinski definition) is 2. The standard InChI is InChI=1S/C12H19N5O3/c1-8(7-17-4-2-3-5-17)11(19)14-6-9-15-12(10(13)18)20-16-9/h8H,2-7H2,1H3,(H2,13,18)(H,14,19)/t8-/m0/s1. The molecule has 2 rings (SSSR count). The lowest BCUT2D eigenvalue weighted by molar-refractivity contribution is -0.125. The molecule has 1 saturated heterocycles. The molecule has 0 unspecified atom stereocenters. The van der Waals surface area contributed by atoms with Crippen LogP contribution in [0.15, 0.2) is 4.52 Å². The number of amides is 2. The van der Waals surface area contributed by atoms with Gasteiger partial charge in [0.15, 0.2) is 5.82 Å². The molecular weight excluding hydrogens is 262 g/mol. The first kappa shape index (κ1) is 14.4. The molecule has 1 fully saturated rings. The van der Waals surface area contributed by atoms with Gasteiger partial charge in [0.1, 0.15) is 0 Å². The zero-order valence-electron chi connectivity index (χ0n) is 11.5. The van der Waals surface area contributed by atoms with Crippen molar-refractivity contribution in [1.82, 2.24) is 20.4 Å². The van der Waals surface area contributed by atoms with Gasteiger partial charge in [0.05, 0.1) is 6.54 Å². The van der Waals surface area contributed by atoms with Gasteiger partial charge in [0.25, 0.3) is 0 Å². The Kier molecular flexibility index (Phi) is 4.67. The van der Waals surface area contributed by atoms with Crippen LogP contribution in [0.2, 0.25) is 0 Å². The normalized spacial score (nSPS) is 17.1. The summed E-state index contributed by atoms with van der Waals surface area (Å²) in [5.74, 6) is -0.963. The first-order valence-electron chi connectivity index (χ1n) is 6.68. The molecule has 0 radical (unpaired) electrons. The second kappa shape index (κ2) is 6.47. The fourth-order valence-corrected chi connectivity index (χ4v) is 2.20. The lowest BCUT2D eigenvalue weighted by Gasteiger charge is -2.19. The Morgan fingerprint density at radius 1 is 1.45 bits per heavy atom. The molecule has 1 aliphatic heterocycles. The van der Waals surface area contributed by atoms with Crippen LogP contribution >= 0.6 is 0 Å². The summed E-state index contributed by atoms with van der Waals surface area (Å²) < 4.78 is 4.63. The van der Waals surface area contributed by atoms with E-state index in [4.69, 9.17) is 5.73 Å². The van der Waals surface area contributed by atoms with Crippen molar-refractivity contribution in [1.29, 1.82) is 0 Å². The summed E-state index contributed by atoms with van der Waals surface area (Å²) in [5, 5.41) is 6.28. The van der Waals surface area contributed by atoms with E-state index < -0.39 is 5.91 Å². The number of nitrogens with two attached hydrogens (primary N) is 1. The lowest BCUT2D eigenvalue weighted by atomic mass is 10.1. The highest BCUT2D eigenvalue weighted by Crippen LogP contribution is 2.10. The third-order valence-corrected chi connectivity index (χ3v) is 3.28. The molecule has 1 atom stereocenters. The molecule has 110 valence electrons. The van der Waals surface area contributed by atoms with Gasteiger partial charge in [-0.2, -0.15) is 4.98 Å². The maximum atomic E-state index is 11.9. The van der Waals surface area contributed by atoms with Gasteiger partial charge in [0, 0.05) is 12.5 Å². The molecule has 2 heterocycles. The van der Waals surface area contributed by atoms with Crippen LogP contribution in [-0.4, -0.2) is 46.5 Å². The van der Waals surface area contributed by atoms with E-state index in [0.29, 0.717) is 0 Å². The molecule has 0 aliphatic carbocycles. The summed E-state index contributed by atoms with van der Waals surface area (Å²) in [6, 6.07) is 0. The summed E-state index contributed by atoms with van der Waals surface area (Å²) in [5.41, 5.74) is 4.99. The minimum absolute atomic E-state index is 0.0673. The Hall–Kier alpha value is -1.96. The molecule has 1 aromatic rings. The van der Waals surface area contributed by atoms with Crippen LogP contribution in [0, 0.1) is 5.92 Å². The average Bonchev–Trinajstić information content (AvgIpc) is 3.06. The largest absolute Gasteiger partial charge is 0.361 e. The molecule has 1 aliphatic rings. The van der Waals surface area contributed by atoms with E-state index in [-0.39, 0.29) is 30.1 Å². The number of nitrogens with zero attached hydrogens (tertiary/aromatic N) is 3. The fourth-order valence-electron chi connectivity index (χ4n) is 2.20. The molecule has 0 aromatic carbocycles. The minimum atomic E-state index is -0.780. The van der Waals surface area contributed by atoms with Crippen LogP contribution in [0.1, 0.15) is 36.3 Å². The van der Waals surface area contributed by atoms with Crippen molar-refractivity contribution in [3.05, 3.63) is 11.7 Å². The lowest BCUT2D eigenvalue weighted by Crippen LogP contribution is -2.36. The summed E-state index contributed by atoms with van der Waals surface area (Å²) in [4.78, 5) is 28.8. The third kappa shape index (κ3) is 3.77. The number of hydrogen-bond acceptors (Lipinski definition) is 6. The van der Waals surface area contributed by atoms with Gasteiger partial charge in [-0.25, -0.2) is 0 Å². The number of carbonyl (C=O) groups is 2. The minimum Gasteiger partial charge on any atom is -0.361 e. The van der Waals surface area contributed by atoms with Gasteiger partial charge >= 0.3 is 11.8 Å². The number of carbonyl (C=O) groups excluding carboxylic acids is 2. The highest BCUT2D eigenvalue weighted by molar-refractivity contribution is 5.87. The topological polar surface area (TPSA) is 114 Å². The smallest absolute Gasteiger partial charge is 0.315 e. The molecule has 8 nitrogen and oxygen atoms in total. The zero-order chi connectivity index (χ0) is 14.5. The van der Waals surface area contributed by atoms with Crippen molar-refractivity contribution in [3.8, 4) is 0 Å². The molecule has 0 saturated carbocycles. The van der Waals surface area contributed by atoms with Gasteiger partial charge in [-0.15, -0.1) is 0 Å². The van der Waals surface area contributed by atoms with E-state index in [1.165, 1.54) is 12.8 Å². The maximum Gasteiger partial charge on any atom is 0.315 e. The van der Waals surface area contributed by atoms with Crippen molar-refractivity contribution in [3.63, 3.8) is 0 Å². The Morgan fingerprint density at radius 2 is 2.15 bits per heavy atom. The highest BCUT2D eigenvalue weighted by Gasteiger charge is 2.20. The molecule has 20 heavy (non-hydrogen) atoms. The molecule has 0 spiro atoms. The second-order valence-corrected chi connectivity index (χ2v) is 5.01. The summed E-state index contributed by atoms with van der Waals surface area (Å²) >= 11 is 0. The van der Waals surface area contributed by atoms with Crippen LogP contribution < -0.4 is 11.1 Å². The molecular formula is C12H19N5O3. The highest BCUT2D eigenvalue weighted by atomic mass is 16.5. The van der Waals surface area contributed by atoms with E-state index in [2.05, 4.69) is 24.9 Å². The van der Waals surface area contributed by atoms with Crippen LogP contribution in [-0.2, 0) is 11.3 Å². The van der Waals surface area contributed by atoms with E-state index >= 15 is 0 Å². The van der Waals surface area contributed by atoms with Crippen LogP contribution in [0.4, 0.5) is 0 Å². The molecule has 2 amide bonds. The Balaban J connectivity index is 1.76. The van der Waals surface area contributed by atoms with Crippen molar-refractivity contribution in [2.75, 3.05) is 19.6 Å². The van der Waals surface area contributed by atoms with Crippen LogP contribution in [0.25, 0.3) is 0 Å². The van der Waals surface area contributed by atoms with E-state index in [1.54, 1.807) is 0 Å². The van der Waals surface area contributed by atoms with Gasteiger partial charge in [-0.05, 0) is 25.9 Å². The number of rotatable bonds is 6. The molecule has 8 heteroatoms. The van der Waals surface area contributed by atoms with E-state index in [1.807, 2.05) is 6.92 Å². The monoisotopic (exact) mass is 281 g/mol. The zero-order valence-corrected chi connectivity index (χ0v) is 11.5. The third-order valence-electron chi connectivity index (χ3n) is 3.28. The molecule has 3 N–H and O–H groups in total. The quantitative estimate of drug-likeness (QED) is 0.727. The van der Waals surface area contributed by atoms with Crippen molar-refractivity contribution in [2.24, 2.45) is 11.7 Å².